The largest absolute Gasteiger partial charge is 0.433 e. The van der Waals surface area contributed by atoms with Crippen molar-refractivity contribution in [1.29, 1.82) is 0 Å². The number of nitrogens with one attached hydrogen (secondary N) is 1. The number of hydrogen-bond acceptors (Lipinski definition) is 2. The zero-order valence-corrected chi connectivity index (χ0v) is 9.99. The second-order valence-corrected chi connectivity index (χ2v) is 3.96. The Morgan fingerprint density at radius 2 is 1.68 bits per heavy atom. The number of hydrogen-bond donors (Lipinski definition) is 1. The topological polar surface area (TPSA) is 24.9 Å². The van der Waals surface area contributed by atoms with Crippen LogP contribution >= 0.6 is 0 Å². The second-order valence-electron chi connectivity index (χ2n) is 3.96. The van der Waals surface area contributed by atoms with Crippen LogP contribution in [-0.4, -0.2) is 12.0 Å². The number of halogens is 5. The van der Waals surface area contributed by atoms with Crippen LogP contribution in [0, 0.1) is 18.6 Å². The highest BCUT2D eigenvalue weighted by Crippen LogP contribution is 2.38. The van der Waals surface area contributed by atoms with Gasteiger partial charge in [-0.25, -0.2) is 13.8 Å². The van der Waals surface area contributed by atoms with Crippen molar-refractivity contribution in [2.75, 3.05) is 12.4 Å². The van der Waals surface area contributed by atoms with Gasteiger partial charge in [0.1, 0.15) is 22.8 Å². The van der Waals surface area contributed by atoms with Gasteiger partial charge in [0.2, 0.25) is 0 Å². The minimum Gasteiger partial charge on any atom is -0.387 e. The Hall–Kier alpha value is -1.92. The number of pyridine rings is 1. The van der Waals surface area contributed by atoms with Crippen molar-refractivity contribution in [2.24, 2.45) is 0 Å². The van der Waals surface area contributed by atoms with E-state index in [1.165, 1.54) is 7.05 Å². The van der Waals surface area contributed by atoms with Gasteiger partial charge in [-0.2, -0.15) is 13.2 Å². The van der Waals surface area contributed by atoms with Gasteiger partial charge in [0.25, 0.3) is 0 Å². The van der Waals surface area contributed by atoms with Gasteiger partial charge in [-0.05, 0) is 19.1 Å². The fourth-order valence-corrected chi connectivity index (χ4v) is 1.98. The summed E-state index contributed by atoms with van der Waals surface area (Å²) in [6.45, 7) is 1.16. The molecule has 0 amide bonds. The minimum absolute atomic E-state index is 0.116. The Labute approximate surface area is 105 Å². The van der Waals surface area contributed by atoms with Crippen LogP contribution < -0.4 is 5.32 Å². The lowest BCUT2D eigenvalue weighted by Gasteiger charge is -2.16. The smallest absolute Gasteiger partial charge is 0.387 e. The molecule has 0 aliphatic carbocycles. The molecule has 7 heteroatoms. The van der Waals surface area contributed by atoms with Crippen LogP contribution in [-0.2, 0) is 6.18 Å². The van der Waals surface area contributed by atoms with Gasteiger partial charge in [-0.15, -0.1) is 0 Å². The molecule has 1 heterocycles. The van der Waals surface area contributed by atoms with E-state index >= 15 is 0 Å². The van der Waals surface area contributed by atoms with Gasteiger partial charge < -0.3 is 5.32 Å². The molecule has 0 fully saturated rings. The summed E-state index contributed by atoms with van der Waals surface area (Å²) in [5.74, 6) is -1.83. The second kappa shape index (κ2) is 4.32. The molecule has 0 saturated carbocycles. The van der Waals surface area contributed by atoms with E-state index in [0.717, 1.165) is 19.1 Å². The van der Waals surface area contributed by atoms with E-state index in [0.29, 0.717) is 0 Å². The van der Waals surface area contributed by atoms with E-state index in [-0.39, 0.29) is 16.6 Å². The summed E-state index contributed by atoms with van der Waals surface area (Å²) < 4.78 is 65.7. The molecular formula is C12H9F5N2. The first-order valence-corrected chi connectivity index (χ1v) is 5.30. The molecule has 0 radical (unpaired) electrons. The lowest BCUT2D eigenvalue weighted by molar-refractivity contribution is -0.141. The monoisotopic (exact) mass is 276 g/mol. The van der Waals surface area contributed by atoms with E-state index in [4.69, 9.17) is 0 Å². The van der Waals surface area contributed by atoms with Crippen molar-refractivity contribution in [3.05, 3.63) is 35.0 Å². The zero-order valence-electron chi connectivity index (χ0n) is 9.99. The normalized spacial score (nSPS) is 11.9. The number of alkyl halides is 3. The van der Waals surface area contributed by atoms with Crippen LogP contribution in [0.5, 0.6) is 0 Å². The molecule has 19 heavy (non-hydrogen) atoms. The number of fused-ring (bicyclic) bond motifs is 1. The third-order valence-electron chi connectivity index (χ3n) is 2.80. The van der Waals surface area contributed by atoms with Crippen molar-refractivity contribution >= 4 is 16.6 Å². The number of aromatic nitrogens is 1. The highest BCUT2D eigenvalue weighted by Gasteiger charge is 2.36. The molecule has 1 aromatic heterocycles. The highest BCUT2D eigenvalue weighted by molar-refractivity contribution is 5.94. The maximum Gasteiger partial charge on any atom is 0.433 e. The summed E-state index contributed by atoms with van der Waals surface area (Å²) in [5.41, 5.74) is -2.25. The maximum absolute atomic E-state index is 13.7. The van der Waals surface area contributed by atoms with Crippen LogP contribution in [0.3, 0.4) is 0 Å². The van der Waals surface area contributed by atoms with Crippen molar-refractivity contribution in [3.63, 3.8) is 0 Å². The average Bonchev–Trinajstić information content (AvgIpc) is 2.32. The Morgan fingerprint density at radius 1 is 1.11 bits per heavy atom. The van der Waals surface area contributed by atoms with Crippen molar-refractivity contribution < 1.29 is 22.0 Å². The minimum atomic E-state index is -4.73. The molecule has 0 aliphatic heterocycles. The van der Waals surface area contributed by atoms with Gasteiger partial charge in [-0.1, -0.05) is 0 Å². The van der Waals surface area contributed by atoms with Gasteiger partial charge >= 0.3 is 6.18 Å². The summed E-state index contributed by atoms with van der Waals surface area (Å²) in [5, 5.41) is 2.19. The quantitative estimate of drug-likeness (QED) is 0.799. The molecule has 1 N–H and O–H groups in total. The number of rotatable bonds is 1. The van der Waals surface area contributed by atoms with Gasteiger partial charge in [0, 0.05) is 12.6 Å². The summed E-state index contributed by atoms with van der Waals surface area (Å²) in [7, 11) is 1.34. The molecule has 0 saturated heterocycles. The van der Waals surface area contributed by atoms with Gasteiger partial charge in [0.05, 0.1) is 11.1 Å². The lowest BCUT2D eigenvalue weighted by atomic mass is 10.1. The number of anilines is 1. The third-order valence-corrected chi connectivity index (χ3v) is 2.80. The average molecular weight is 276 g/mol. The summed E-state index contributed by atoms with van der Waals surface area (Å²) in [4.78, 5) is 3.24. The van der Waals surface area contributed by atoms with Crippen LogP contribution in [0.4, 0.5) is 27.6 Å². The molecule has 1 aromatic carbocycles. The Balaban J connectivity index is 2.99. The Bertz CT molecular complexity index is 649. The zero-order chi connectivity index (χ0) is 14.4. The standard InChI is InChI=1S/C12H9F5N2/c1-5-9(18-2)8-6(13)3-4-7(14)10(8)19-11(5)12(15,16)17/h3-4H,1-2H3,(H,18,19). The summed E-state index contributed by atoms with van der Waals surface area (Å²) >= 11 is 0. The summed E-state index contributed by atoms with van der Waals surface area (Å²) in [6, 6.07) is 1.60. The molecule has 0 bridgehead atoms. The van der Waals surface area contributed by atoms with Crippen molar-refractivity contribution in [3.8, 4) is 0 Å². The molecule has 102 valence electrons. The van der Waals surface area contributed by atoms with Crippen LogP contribution in [0.2, 0.25) is 0 Å². The SMILES string of the molecule is CNc1c(C)c(C(F)(F)F)nc2c(F)ccc(F)c12. The van der Waals surface area contributed by atoms with E-state index < -0.39 is 29.0 Å². The predicted molar refractivity (Wildman–Crippen MR) is 60.9 cm³/mol. The molecule has 2 rings (SSSR count). The van der Waals surface area contributed by atoms with E-state index in [9.17, 15) is 22.0 Å². The molecule has 0 atom stereocenters. The molecule has 2 nitrogen and oxygen atoms in total. The molecular weight excluding hydrogens is 267 g/mol. The fourth-order valence-electron chi connectivity index (χ4n) is 1.98. The maximum atomic E-state index is 13.7. The molecule has 0 spiro atoms. The van der Waals surface area contributed by atoms with E-state index in [1.807, 2.05) is 0 Å². The molecule has 0 aliphatic rings. The number of nitrogens with zero attached hydrogens (tertiary/aromatic N) is 1. The fraction of sp³-hybridized carbons (Fsp3) is 0.250. The molecule has 2 aromatic rings. The third kappa shape index (κ3) is 2.09. The van der Waals surface area contributed by atoms with Gasteiger partial charge in [-0.3, -0.25) is 0 Å². The van der Waals surface area contributed by atoms with E-state index in [2.05, 4.69) is 10.3 Å². The van der Waals surface area contributed by atoms with E-state index in [1.54, 1.807) is 0 Å². The van der Waals surface area contributed by atoms with Crippen LogP contribution in [0.15, 0.2) is 12.1 Å². The molecule has 0 unspecified atom stereocenters. The summed E-state index contributed by atoms with van der Waals surface area (Å²) in [6.07, 6.45) is -4.73. The Morgan fingerprint density at radius 3 is 2.21 bits per heavy atom. The van der Waals surface area contributed by atoms with Crippen LogP contribution in [0.1, 0.15) is 11.3 Å². The van der Waals surface area contributed by atoms with Crippen molar-refractivity contribution in [2.45, 2.75) is 13.1 Å². The first kappa shape index (κ1) is 13.5. The Kier molecular flexibility index (Phi) is 3.07. The first-order valence-electron chi connectivity index (χ1n) is 5.30. The lowest BCUT2D eigenvalue weighted by Crippen LogP contribution is -2.13. The van der Waals surface area contributed by atoms with Crippen LogP contribution in [0.25, 0.3) is 10.9 Å². The predicted octanol–water partition coefficient (Wildman–Crippen LogP) is 3.88. The van der Waals surface area contributed by atoms with Crippen molar-refractivity contribution in [1.82, 2.24) is 4.98 Å². The number of benzene rings is 1. The van der Waals surface area contributed by atoms with Gasteiger partial charge in [0.15, 0.2) is 0 Å². The first-order chi connectivity index (χ1) is 8.77. The highest BCUT2D eigenvalue weighted by atomic mass is 19.4.